The van der Waals surface area contributed by atoms with Crippen molar-refractivity contribution >= 4 is 33.2 Å². The Bertz CT molecular complexity index is 806. The summed E-state index contributed by atoms with van der Waals surface area (Å²) in [5.74, 6) is -0.0865. The summed E-state index contributed by atoms with van der Waals surface area (Å²) in [6.45, 7) is 5.57. The van der Waals surface area contributed by atoms with Crippen molar-refractivity contribution in [3.63, 3.8) is 0 Å². The summed E-state index contributed by atoms with van der Waals surface area (Å²) in [5, 5.41) is 10.7. The van der Waals surface area contributed by atoms with Crippen LogP contribution in [0.4, 0.5) is 5.69 Å². The average molecular weight is 406 g/mol. The fourth-order valence-corrected chi connectivity index (χ4v) is 2.35. The van der Waals surface area contributed by atoms with Crippen molar-refractivity contribution in [2.75, 3.05) is 6.61 Å². The molecule has 0 spiro atoms. The number of carbonyl (C=O) groups is 1. The number of halogens is 1. The lowest BCUT2D eigenvalue weighted by molar-refractivity contribution is -0.384. The molecule has 0 aliphatic rings. The van der Waals surface area contributed by atoms with Gasteiger partial charge in [0.1, 0.15) is 5.75 Å². The smallest absolute Gasteiger partial charge is 0.276 e. The van der Waals surface area contributed by atoms with Gasteiger partial charge in [-0.3, -0.25) is 25.8 Å². The minimum absolute atomic E-state index is 0.0697. The Morgan fingerprint density at radius 3 is 2.52 bits per heavy atom. The maximum absolute atomic E-state index is 11.8. The first-order chi connectivity index (χ1) is 11.9. The van der Waals surface area contributed by atoms with Gasteiger partial charge in [-0.2, -0.15) is 0 Å². The molecule has 0 aliphatic carbocycles. The number of hydrazine groups is 1. The molecular weight excluding hydrogens is 390 g/mol. The maximum Gasteiger partial charge on any atom is 0.276 e. The predicted octanol–water partition coefficient (Wildman–Crippen LogP) is 3.34. The van der Waals surface area contributed by atoms with E-state index >= 15 is 0 Å². The maximum atomic E-state index is 11.8. The number of rotatable bonds is 7. The number of benzene rings is 2. The highest BCUT2D eigenvalue weighted by molar-refractivity contribution is 9.10. The number of hydrogen-bond acceptors (Lipinski definition) is 5. The molecule has 0 saturated carbocycles. The number of nitro benzene ring substituents is 1. The van der Waals surface area contributed by atoms with Crippen molar-refractivity contribution in [2.45, 2.75) is 6.92 Å². The van der Waals surface area contributed by atoms with Gasteiger partial charge in [0.2, 0.25) is 0 Å². The molecular formula is C17H16BrN3O4. The van der Waals surface area contributed by atoms with Crippen molar-refractivity contribution in [3.05, 3.63) is 74.8 Å². The number of nitrogens with one attached hydrogen (secondary N) is 2. The van der Waals surface area contributed by atoms with Crippen LogP contribution in [0.2, 0.25) is 0 Å². The molecule has 0 bridgehead atoms. The first kappa shape index (κ1) is 18.5. The van der Waals surface area contributed by atoms with Crippen LogP contribution in [-0.4, -0.2) is 17.4 Å². The van der Waals surface area contributed by atoms with Crippen molar-refractivity contribution in [3.8, 4) is 5.75 Å². The van der Waals surface area contributed by atoms with Crippen LogP contribution in [0.25, 0.3) is 5.70 Å². The molecule has 2 N–H and O–H groups in total. The summed E-state index contributed by atoms with van der Waals surface area (Å²) >= 11 is 3.17. The second-order valence-electron chi connectivity index (χ2n) is 5.18. The summed E-state index contributed by atoms with van der Waals surface area (Å²) in [4.78, 5) is 22.0. The number of carbonyl (C=O) groups excluding carboxylic acids is 1. The summed E-state index contributed by atoms with van der Waals surface area (Å²) in [5.41, 5.74) is 7.65. The van der Waals surface area contributed by atoms with Crippen LogP contribution in [0.5, 0.6) is 5.75 Å². The van der Waals surface area contributed by atoms with Crippen LogP contribution < -0.4 is 15.6 Å². The molecule has 25 heavy (non-hydrogen) atoms. The quantitative estimate of drug-likeness (QED) is 0.544. The highest BCUT2D eigenvalue weighted by Crippen LogP contribution is 2.28. The first-order valence-corrected chi connectivity index (χ1v) is 8.03. The van der Waals surface area contributed by atoms with E-state index in [1.54, 1.807) is 0 Å². The molecule has 7 nitrogen and oxygen atoms in total. The topological polar surface area (TPSA) is 93.5 Å². The number of aryl methyl sites for hydroxylation is 1. The summed E-state index contributed by atoms with van der Waals surface area (Å²) in [6, 6.07) is 11.7. The average Bonchev–Trinajstić information content (AvgIpc) is 2.59. The highest BCUT2D eigenvalue weighted by Gasteiger charge is 2.11. The van der Waals surface area contributed by atoms with Crippen molar-refractivity contribution in [1.82, 2.24) is 10.9 Å². The lowest BCUT2D eigenvalue weighted by atomic mass is 10.1. The molecule has 0 radical (unpaired) electrons. The van der Waals surface area contributed by atoms with Gasteiger partial charge in [0.15, 0.2) is 6.61 Å². The largest absolute Gasteiger partial charge is 0.483 e. The van der Waals surface area contributed by atoms with Crippen LogP contribution in [-0.2, 0) is 4.79 Å². The molecule has 0 aromatic heterocycles. The lowest BCUT2D eigenvalue weighted by Gasteiger charge is -2.12. The van der Waals surface area contributed by atoms with Crippen LogP contribution in [0.3, 0.4) is 0 Å². The molecule has 2 aromatic carbocycles. The molecule has 0 heterocycles. The van der Waals surface area contributed by atoms with Crippen LogP contribution in [0.1, 0.15) is 11.1 Å². The number of amides is 1. The molecule has 0 unspecified atom stereocenters. The third kappa shape index (κ3) is 5.32. The number of nitrogens with zero attached hydrogens (tertiary/aromatic N) is 1. The van der Waals surface area contributed by atoms with Gasteiger partial charge in [0.25, 0.3) is 11.6 Å². The van der Waals surface area contributed by atoms with E-state index < -0.39 is 10.8 Å². The van der Waals surface area contributed by atoms with Crippen LogP contribution >= 0.6 is 15.9 Å². The SMILES string of the molecule is C=C(NNC(=O)COc1ccc([N+](=O)[O-])cc1Br)c1ccc(C)cc1. The Morgan fingerprint density at radius 1 is 1.24 bits per heavy atom. The molecule has 2 aromatic rings. The number of non-ortho nitro benzene ring substituents is 1. The van der Waals surface area contributed by atoms with Gasteiger partial charge in [-0.05, 0) is 34.5 Å². The van der Waals surface area contributed by atoms with E-state index in [0.29, 0.717) is 15.9 Å². The van der Waals surface area contributed by atoms with E-state index in [4.69, 9.17) is 4.74 Å². The lowest BCUT2D eigenvalue weighted by Crippen LogP contribution is -2.39. The molecule has 0 saturated heterocycles. The van der Waals surface area contributed by atoms with E-state index in [2.05, 4.69) is 33.4 Å². The van der Waals surface area contributed by atoms with Gasteiger partial charge in [-0.1, -0.05) is 36.4 Å². The Kier molecular flexibility index (Phi) is 6.13. The second kappa shape index (κ2) is 8.29. The van der Waals surface area contributed by atoms with E-state index in [1.165, 1.54) is 18.2 Å². The number of hydrogen-bond donors (Lipinski definition) is 2. The van der Waals surface area contributed by atoms with Crippen molar-refractivity contribution in [2.24, 2.45) is 0 Å². The zero-order valence-corrected chi connectivity index (χ0v) is 15.0. The summed E-state index contributed by atoms with van der Waals surface area (Å²) in [6.07, 6.45) is 0. The highest BCUT2D eigenvalue weighted by atomic mass is 79.9. The molecule has 0 fully saturated rings. The van der Waals surface area contributed by atoms with Gasteiger partial charge in [-0.25, -0.2) is 0 Å². The molecule has 8 heteroatoms. The van der Waals surface area contributed by atoms with Crippen molar-refractivity contribution < 1.29 is 14.5 Å². The third-order valence-corrected chi connectivity index (χ3v) is 3.86. The summed E-state index contributed by atoms with van der Waals surface area (Å²) < 4.78 is 5.73. The molecule has 130 valence electrons. The fourth-order valence-electron chi connectivity index (χ4n) is 1.87. The van der Waals surface area contributed by atoms with E-state index in [-0.39, 0.29) is 12.3 Å². The monoisotopic (exact) mass is 405 g/mol. The number of nitro groups is 1. The molecule has 2 rings (SSSR count). The van der Waals surface area contributed by atoms with E-state index in [9.17, 15) is 14.9 Å². The third-order valence-electron chi connectivity index (χ3n) is 3.24. The van der Waals surface area contributed by atoms with Gasteiger partial charge < -0.3 is 4.74 Å². The predicted molar refractivity (Wildman–Crippen MR) is 97.8 cm³/mol. The Labute approximate surface area is 152 Å². The minimum atomic E-state index is -0.512. The standard InChI is InChI=1S/C17H16BrN3O4/c1-11-3-5-13(6-4-11)12(2)19-20-17(22)10-25-16-8-7-14(21(23)24)9-15(16)18/h3-9,19H,2,10H2,1H3,(H,20,22). The van der Waals surface area contributed by atoms with Gasteiger partial charge >= 0.3 is 0 Å². The second-order valence-corrected chi connectivity index (χ2v) is 6.03. The van der Waals surface area contributed by atoms with Crippen molar-refractivity contribution in [1.29, 1.82) is 0 Å². The Balaban J connectivity index is 1.83. The van der Waals surface area contributed by atoms with Crippen LogP contribution in [0, 0.1) is 17.0 Å². The van der Waals surface area contributed by atoms with Crippen LogP contribution in [0.15, 0.2) is 53.5 Å². The van der Waals surface area contributed by atoms with E-state index in [1.807, 2.05) is 31.2 Å². The zero-order chi connectivity index (χ0) is 18.4. The molecule has 0 aliphatic heterocycles. The Hall–Kier alpha value is -2.87. The molecule has 0 atom stereocenters. The zero-order valence-electron chi connectivity index (χ0n) is 13.4. The number of ether oxygens (including phenoxy) is 1. The van der Waals surface area contributed by atoms with Gasteiger partial charge in [0.05, 0.1) is 15.1 Å². The Morgan fingerprint density at radius 2 is 1.92 bits per heavy atom. The van der Waals surface area contributed by atoms with Gasteiger partial charge in [0, 0.05) is 12.1 Å². The van der Waals surface area contributed by atoms with Gasteiger partial charge in [-0.15, -0.1) is 0 Å². The normalized spacial score (nSPS) is 10.0. The molecule has 1 amide bonds. The van der Waals surface area contributed by atoms with E-state index in [0.717, 1.165) is 11.1 Å². The first-order valence-electron chi connectivity index (χ1n) is 7.24. The minimum Gasteiger partial charge on any atom is -0.483 e. The fraction of sp³-hybridized carbons (Fsp3) is 0.118. The summed E-state index contributed by atoms with van der Waals surface area (Å²) in [7, 11) is 0.